The molecule has 0 saturated heterocycles. The zero-order valence-electron chi connectivity index (χ0n) is 17.9. The molecule has 0 spiro atoms. The van der Waals surface area contributed by atoms with E-state index in [0.717, 1.165) is 18.2 Å². The number of aliphatic hydroxyl groups excluding tert-OH is 1. The highest BCUT2D eigenvalue weighted by Gasteiger charge is 2.27. The van der Waals surface area contributed by atoms with Crippen LogP contribution in [-0.4, -0.2) is 39.8 Å². The maximum atomic E-state index is 14.2. The Hall–Kier alpha value is -3.07. The van der Waals surface area contributed by atoms with Crippen LogP contribution in [0.5, 0.6) is 0 Å². The lowest BCUT2D eigenvalue weighted by Gasteiger charge is -2.27. The predicted molar refractivity (Wildman–Crippen MR) is 111 cm³/mol. The Balaban J connectivity index is 2.27. The molecule has 7 nitrogen and oxygen atoms in total. The largest absolute Gasteiger partial charge is 0.444 e. The number of anilines is 1. The van der Waals surface area contributed by atoms with Crippen molar-refractivity contribution >= 4 is 17.7 Å². The number of hydrogen-bond donors (Lipinski definition) is 3. The van der Waals surface area contributed by atoms with E-state index in [9.17, 15) is 23.5 Å². The van der Waals surface area contributed by atoms with Crippen molar-refractivity contribution in [3.63, 3.8) is 0 Å². The van der Waals surface area contributed by atoms with E-state index in [1.807, 2.05) is 0 Å². The van der Waals surface area contributed by atoms with E-state index in [2.05, 4.69) is 15.6 Å². The Morgan fingerprint density at radius 3 is 2.55 bits per heavy atom. The van der Waals surface area contributed by atoms with Gasteiger partial charge in [-0.05, 0) is 63.1 Å². The zero-order valence-corrected chi connectivity index (χ0v) is 17.9. The number of aromatic nitrogens is 1. The molecular weight excluding hydrogens is 408 g/mol. The van der Waals surface area contributed by atoms with E-state index >= 15 is 0 Å². The minimum Gasteiger partial charge on any atom is -0.444 e. The molecule has 0 aliphatic heterocycles. The van der Waals surface area contributed by atoms with Crippen LogP contribution in [0.2, 0.25) is 0 Å². The van der Waals surface area contributed by atoms with E-state index < -0.39 is 35.5 Å². The molecule has 2 amide bonds. The third kappa shape index (κ3) is 7.93. The summed E-state index contributed by atoms with van der Waals surface area (Å²) in [5, 5.41) is 16.0. The van der Waals surface area contributed by atoms with Gasteiger partial charge in [0.15, 0.2) is 0 Å². The van der Waals surface area contributed by atoms with Gasteiger partial charge >= 0.3 is 6.09 Å². The number of ether oxygens (including phenoxy) is 1. The maximum Gasteiger partial charge on any atom is 0.407 e. The van der Waals surface area contributed by atoms with Gasteiger partial charge in [-0.3, -0.25) is 9.78 Å². The number of benzene rings is 1. The molecule has 2 rings (SSSR count). The van der Waals surface area contributed by atoms with Gasteiger partial charge in [0.2, 0.25) is 5.91 Å². The summed E-state index contributed by atoms with van der Waals surface area (Å²) in [7, 11) is 0. The van der Waals surface area contributed by atoms with Crippen molar-refractivity contribution in [2.45, 2.75) is 58.3 Å². The van der Waals surface area contributed by atoms with Crippen molar-refractivity contribution in [3.05, 3.63) is 59.4 Å². The number of carbonyl (C=O) groups is 2. The molecule has 0 unspecified atom stereocenters. The molecule has 2 aromatic rings. The van der Waals surface area contributed by atoms with Gasteiger partial charge in [0.05, 0.1) is 23.5 Å². The van der Waals surface area contributed by atoms with Gasteiger partial charge in [-0.15, -0.1) is 0 Å². The van der Waals surface area contributed by atoms with E-state index in [4.69, 9.17) is 4.74 Å². The zero-order chi connectivity index (χ0) is 23.2. The van der Waals surface area contributed by atoms with E-state index in [1.54, 1.807) is 32.9 Å². The molecule has 9 heteroatoms. The van der Waals surface area contributed by atoms with Gasteiger partial charge < -0.3 is 20.5 Å². The van der Waals surface area contributed by atoms with Gasteiger partial charge in [0, 0.05) is 19.5 Å². The number of aliphatic hydroxyl groups is 1. The molecule has 2 atom stereocenters. The quantitative estimate of drug-likeness (QED) is 0.619. The SMILES string of the molecule is CC(=O)Nc1cccnc1C[C@@H](O)[C@@H](Cc1cc(F)ccc1F)NC(=O)OC(C)(C)C. The van der Waals surface area contributed by atoms with Crippen molar-refractivity contribution in [2.75, 3.05) is 5.32 Å². The predicted octanol–water partition coefficient (Wildman–Crippen LogP) is 3.36. The highest BCUT2D eigenvalue weighted by atomic mass is 19.1. The van der Waals surface area contributed by atoms with Crippen LogP contribution in [0.4, 0.5) is 19.3 Å². The van der Waals surface area contributed by atoms with Crippen LogP contribution in [0.25, 0.3) is 0 Å². The maximum absolute atomic E-state index is 14.2. The number of rotatable bonds is 7. The lowest BCUT2D eigenvalue weighted by Crippen LogP contribution is -2.47. The number of halogens is 2. The summed E-state index contributed by atoms with van der Waals surface area (Å²) in [6.45, 7) is 6.38. The van der Waals surface area contributed by atoms with Crippen LogP contribution >= 0.6 is 0 Å². The minimum atomic E-state index is -1.24. The summed E-state index contributed by atoms with van der Waals surface area (Å²) in [6, 6.07) is 5.21. The smallest absolute Gasteiger partial charge is 0.407 e. The summed E-state index contributed by atoms with van der Waals surface area (Å²) < 4.78 is 33.0. The summed E-state index contributed by atoms with van der Waals surface area (Å²) in [6.07, 6.45) is -0.801. The second-order valence-corrected chi connectivity index (χ2v) is 8.14. The highest BCUT2D eigenvalue weighted by Crippen LogP contribution is 2.19. The molecule has 0 radical (unpaired) electrons. The van der Waals surface area contributed by atoms with Crippen molar-refractivity contribution < 1.29 is 28.2 Å². The van der Waals surface area contributed by atoms with Gasteiger partial charge in [-0.2, -0.15) is 0 Å². The fourth-order valence-corrected chi connectivity index (χ4v) is 2.92. The third-order valence-corrected chi connectivity index (χ3v) is 4.22. The van der Waals surface area contributed by atoms with Crippen molar-refractivity contribution in [1.82, 2.24) is 10.3 Å². The Morgan fingerprint density at radius 2 is 1.90 bits per heavy atom. The van der Waals surface area contributed by atoms with Crippen LogP contribution < -0.4 is 10.6 Å². The van der Waals surface area contributed by atoms with Crippen LogP contribution in [0.3, 0.4) is 0 Å². The van der Waals surface area contributed by atoms with Crippen molar-refractivity contribution in [1.29, 1.82) is 0 Å². The van der Waals surface area contributed by atoms with E-state index in [0.29, 0.717) is 11.4 Å². The number of nitrogens with one attached hydrogen (secondary N) is 2. The molecule has 0 saturated carbocycles. The van der Waals surface area contributed by atoms with Gasteiger partial charge in [-0.1, -0.05) is 0 Å². The van der Waals surface area contributed by atoms with E-state index in [1.165, 1.54) is 13.1 Å². The lowest BCUT2D eigenvalue weighted by atomic mass is 9.97. The molecule has 0 aliphatic carbocycles. The fraction of sp³-hybridized carbons (Fsp3) is 0.409. The first-order valence-electron chi connectivity index (χ1n) is 9.77. The second kappa shape index (κ2) is 10.3. The lowest BCUT2D eigenvalue weighted by molar-refractivity contribution is -0.114. The summed E-state index contributed by atoms with van der Waals surface area (Å²) in [5.74, 6) is -1.62. The Labute approximate surface area is 179 Å². The summed E-state index contributed by atoms with van der Waals surface area (Å²) in [4.78, 5) is 27.9. The number of carbonyl (C=O) groups excluding carboxylic acids is 2. The normalized spacial score (nSPS) is 13.3. The molecule has 31 heavy (non-hydrogen) atoms. The van der Waals surface area contributed by atoms with Crippen LogP contribution in [0.1, 0.15) is 39.0 Å². The summed E-state index contributed by atoms with van der Waals surface area (Å²) >= 11 is 0. The molecule has 1 aromatic heterocycles. The van der Waals surface area contributed by atoms with Gasteiger partial charge in [-0.25, -0.2) is 13.6 Å². The Bertz CT molecular complexity index is 931. The van der Waals surface area contributed by atoms with Crippen molar-refractivity contribution in [3.8, 4) is 0 Å². The molecule has 1 aromatic carbocycles. The van der Waals surface area contributed by atoms with Crippen molar-refractivity contribution in [2.24, 2.45) is 0 Å². The van der Waals surface area contributed by atoms with Gasteiger partial charge in [0.1, 0.15) is 17.2 Å². The summed E-state index contributed by atoms with van der Waals surface area (Å²) in [5.41, 5.74) is -0.0189. The topological polar surface area (TPSA) is 101 Å². The Morgan fingerprint density at radius 1 is 1.19 bits per heavy atom. The fourth-order valence-electron chi connectivity index (χ4n) is 2.92. The van der Waals surface area contributed by atoms with Crippen LogP contribution in [0.15, 0.2) is 36.5 Å². The number of amides is 2. The molecule has 168 valence electrons. The average Bonchev–Trinajstić information content (AvgIpc) is 2.63. The second-order valence-electron chi connectivity index (χ2n) is 8.14. The van der Waals surface area contributed by atoms with E-state index in [-0.39, 0.29) is 24.3 Å². The first kappa shape index (κ1) is 24.2. The highest BCUT2D eigenvalue weighted by molar-refractivity contribution is 5.89. The van der Waals surface area contributed by atoms with Crippen LogP contribution in [-0.2, 0) is 22.4 Å². The molecule has 0 bridgehead atoms. The first-order valence-corrected chi connectivity index (χ1v) is 9.77. The minimum absolute atomic E-state index is 0.0109. The number of pyridine rings is 1. The van der Waals surface area contributed by atoms with Gasteiger partial charge in [0.25, 0.3) is 0 Å². The molecular formula is C22H27F2N3O4. The third-order valence-electron chi connectivity index (χ3n) is 4.22. The number of hydrogen-bond acceptors (Lipinski definition) is 5. The Kier molecular flexibility index (Phi) is 8.04. The average molecular weight is 435 g/mol. The molecule has 0 fully saturated rings. The molecule has 3 N–H and O–H groups in total. The first-order chi connectivity index (χ1) is 14.4. The number of nitrogens with zero attached hydrogens (tertiary/aromatic N) is 1. The number of alkyl carbamates (subject to hydrolysis) is 1. The van der Waals surface area contributed by atoms with Crippen LogP contribution in [0, 0.1) is 11.6 Å². The monoisotopic (exact) mass is 435 g/mol. The standard InChI is InChI=1S/C22H27F2N3O4/c1-13(28)26-17-6-5-9-25-18(17)12-20(29)19(27-21(30)31-22(2,3)4)11-14-10-15(23)7-8-16(14)24/h5-10,19-20,29H,11-12H2,1-4H3,(H,26,28)(H,27,30)/t19-,20-/m1/s1. The molecule has 0 aliphatic rings. The molecule has 1 heterocycles.